The van der Waals surface area contributed by atoms with Crippen molar-refractivity contribution in [3.63, 3.8) is 0 Å². The minimum atomic E-state index is -0.962. The van der Waals surface area contributed by atoms with Crippen LogP contribution in [0.2, 0.25) is 0 Å². The van der Waals surface area contributed by atoms with Crippen molar-refractivity contribution in [2.24, 2.45) is 0 Å². The first-order chi connectivity index (χ1) is 14.5. The summed E-state index contributed by atoms with van der Waals surface area (Å²) in [5.41, 5.74) is 4.42. The third-order valence-corrected chi connectivity index (χ3v) is 5.78. The standard InChI is InChI=1S/C23H25N3O4/c1-14-11-20(30-2)18(17-7-8-25-22(14)17)13-26-10-9-24-21(27)12-19(26)15-3-5-16(6-4-15)23(28)29/h3-8,11,19,25H,9-10,12-13H2,1-2H3,(H,24,27)(H,28,29). The monoisotopic (exact) mass is 407 g/mol. The normalized spacial score (nSPS) is 17.5. The van der Waals surface area contributed by atoms with Crippen LogP contribution >= 0.6 is 0 Å². The molecule has 1 amide bonds. The maximum atomic E-state index is 12.3. The van der Waals surface area contributed by atoms with Gasteiger partial charge in [-0.1, -0.05) is 12.1 Å². The van der Waals surface area contributed by atoms with E-state index in [0.717, 1.165) is 33.3 Å². The Morgan fingerprint density at radius 2 is 2.03 bits per heavy atom. The van der Waals surface area contributed by atoms with Gasteiger partial charge in [-0.3, -0.25) is 9.69 Å². The molecule has 0 radical (unpaired) electrons. The summed E-state index contributed by atoms with van der Waals surface area (Å²) in [5.74, 6) is -0.146. The lowest BCUT2D eigenvalue weighted by atomic mass is 9.98. The van der Waals surface area contributed by atoms with Gasteiger partial charge >= 0.3 is 5.97 Å². The van der Waals surface area contributed by atoms with Crippen LogP contribution in [0.15, 0.2) is 42.6 Å². The SMILES string of the molecule is COc1cc(C)c2[nH]ccc2c1CN1CCNC(=O)CC1c1ccc(C(=O)O)cc1. The zero-order valence-corrected chi connectivity index (χ0v) is 17.1. The van der Waals surface area contributed by atoms with Crippen LogP contribution < -0.4 is 10.1 Å². The van der Waals surface area contributed by atoms with Crippen molar-refractivity contribution in [2.45, 2.75) is 25.9 Å². The lowest BCUT2D eigenvalue weighted by molar-refractivity contribution is -0.121. The van der Waals surface area contributed by atoms with Crippen molar-refractivity contribution in [3.8, 4) is 5.75 Å². The Bertz CT molecular complexity index is 1090. The van der Waals surface area contributed by atoms with Gasteiger partial charge in [-0.15, -0.1) is 0 Å². The molecule has 4 rings (SSSR count). The van der Waals surface area contributed by atoms with Crippen LogP contribution in [0, 0.1) is 6.92 Å². The molecule has 1 aliphatic rings. The molecule has 1 unspecified atom stereocenters. The molecule has 3 N–H and O–H groups in total. The molecule has 2 heterocycles. The van der Waals surface area contributed by atoms with E-state index in [1.54, 1.807) is 31.4 Å². The number of aromatic amines is 1. The van der Waals surface area contributed by atoms with Gasteiger partial charge in [-0.05, 0) is 42.3 Å². The molecule has 1 atom stereocenters. The summed E-state index contributed by atoms with van der Waals surface area (Å²) < 4.78 is 5.69. The smallest absolute Gasteiger partial charge is 0.335 e. The van der Waals surface area contributed by atoms with Crippen LogP contribution in [0.3, 0.4) is 0 Å². The van der Waals surface area contributed by atoms with Crippen molar-refractivity contribution in [1.82, 2.24) is 15.2 Å². The summed E-state index contributed by atoms with van der Waals surface area (Å²) >= 11 is 0. The highest BCUT2D eigenvalue weighted by molar-refractivity contribution is 5.88. The maximum absolute atomic E-state index is 12.3. The number of carbonyl (C=O) groups excluding carboxylic acids is 1. The predicted octanol–water partition coefficient (Wildman–Crippen LogP) is 3.25. The first kappa shape index (κ1) is 20.0. The van der Waals surface area contributed by atoms with E-state index in [-0.39, 0.29) is 17.5 Å². The summed E-state index contributed by atoms with van der Waals surface area (Å²) in [6.45, 7) is 3.90. The van der Waals surface area contributed by atoms with Crippen LogP contribution in [0.5, 0.6) is 5.75 Å². The summed E-state index contributed by atoms with van der Waals surface area (Å²) in [5, 5.41) is 13.2. The largest absolute Gasteiger partial charge is 0.496 e. The van der Waals surface area contributed by atoms with Gasteiger partial charge in [0.2, 0.25) is 5.91 Å². The number of carboxylic acids is 1. The van der Waals surface area contributed by atoms with Gasteiger partial charge in [0.25, 0.3) is 0 Å². The topological polar surface area (TPSA) is 94.7 Å². The fraction of sp³-hybridized carbons (Fsp3) is 0.304. The fourth-order valence-corrected chi connectivity index (χ4v) is 4.22. The Kier molecular flexibility index (Phi) is 5.46. The zero-order chi connectivity index (χ0) is 21.3. The van der Waals surface area contributed by atoms with Crippen LogP contribution in [0.4, 0.5) is 0 Å². The Hall–Kier alpha value is -3.32. The van der Waals surface area contributed by atoms with Gasteiger partial charge in [-0.25, -0.2) is 4.79 Å². The second kappa shape index (κ2) is 8.20. The summed E-state index contributed by atoms with van der Waals surface area (Å²) in [4.78, 5) is 29.1. The molecule has 3 aromatic rings. The molecule has 1 saturated heterocycles. The molecule has 156 valence electrons. The van der Waals surface area contributed by atoms with Crippen molar-refractivity contribution in [2.75, 3.05) is 20.2 Å². The molecule has 7 heteroatoms. The van der Waals surface area contributed by atoms with E-state index in [9.17, 15) is 14.7 Å². The predicted molar refractivity (Wildman–Crippen MR) is 114 cm³/mol. The van der Waals surface area contributed by atoms with E-state index < -0.39 is 5.97 Å². The minimum absolute atomic E-state index is 0.00697. The average Bonchev–Trinajstić information content (AvgIpc) is 3.16. The Morgan fingerprint density at radius 3 is 2.73 bits per heavy atom. The van der Waals surface area contributed by atoms with E-state index in [1.165, 1.54) is 0 Å². The third kappa shape index (κ3) is 3.76. The lowest BCUT2D eigenvalue weighted by Crippen LogP contribution is -2.30. The van der Waals surface area contributed by atoms with Crippen LogP contribution in [0.25, 0.3) is 10.9 Å². The molecule has 2 aromatic carbocycles. The van der Waals surface area contributed by atoms with E-state index in [2.05, 4.69) is 21.3 Å². The number of rotatable bonds is 5. The van der Waals surface area contributed by atoms with E-state index >= 15 is 0 Å². The number of carbonyl (C=O) groups is 2. The van der Waals surface area contributed by atoms with E-state index in [0.29, 0.717) is 26.1 Å². The molecular formula is C23H25N3O4. The molecule has 0 bridgehead atoms. The number of nitrogens with zero attached hydrogens (tertiary/aromatic N) is 1. The first-order valence-corrected chi connectivity index (χ1v) is 9.95. The van der Waals surface area contributed by atoms with Gasteiger partial charge in [-0.2, -0.15) is 0 Å². The van der Waals surface area contributed by atoms with Gasteiger partial charge in [0.15, 0.2) is 0 Å². The Balaban J connectivity index is 1.73. The number of benzene rings is 2. The zero-order valence-electron chi connectivity index (χ0n) is 17.1. The molecule has 0 saturated carbocycles. The molecule has 30 heavy (non-hydrogen) atoms. The number of H-pyrrole nitrogens is 1. The third-order valence-electron chi connectivity index (χ3n) is 5.78. The van der Waals surface area contributed by atoms with E-state index in [1.807, 2.05) is 19.2 Å². The van der Waals surface area contributed by atoms with E-state index in [4.69, 9.17) is 4.74 Å². The number of aromatic nitrogens is 1. The second-order valence-corrected chi connectivity index (χ2v) is 7.61. The Labute approximate surface area is 174 Å². The number of fused-ring (bicyclic) bond motifs is 1. The molecule has 7 nitrogen and oxygen atoms in total. The van der Waals surface area contributed by atoms with Gasteiger partial charge in [0, 0.05) is 54.8 Å². The highest BCUT2D eigenvalue weighted by Crippen LogP contribution is 2.35. The minimum Gasteiger partial charge on any atom is -0.496 e. The fourth-order valence-electron chi connectivity index (χ4n) is 4.22. The molecular weight excluding hydrogens is 382 g/mol. The van der Waals surface area contributed by atoms with Gasteiger partial charge < -0.3 is 20.1 Å². The highest BCUT2D eigenvalue weighted by atomic mass is 16.5. The van der Waals surface area contributed by atoms with Gasteiger partial charge in [0.05, 0.1) is 12.7 Å². The molecule has 0 aliphatic carbocycles. The van der Waals surface area contributed by atoms with Crippen LogP contribution in [-0.2, 0) is 11.3 Å². The number of amides is 1. The average molecular weight is 407 g/mol. The maximum Gasteiger partial charge on any atom is 0.335 e. The number of aromatic carboxylic acids is 1. The lowest BCUT2D eigenvalue weighted by Gasteiger charge is -2.30. The van der Waals surface area contributed by atoms with Gasteiger partial charge in [0.1, 0.15) is 5.75 Å². The Morgan fingerprint density at radius 1 is 1.27 bits per heavy atom. The molecule has 1 fully saturated rings. The van der Waals surface area contributed by atoms with Crippen molar-refractivity contribution in [1.29, 1.82) is 0 Å². The van der Waals surface area contributed by atoms with Crippen molar-refractivity contribution in [3.05, 3.63) is 64.8 Å². The number of methoxy groups -OCH3 is 1. The van der Waals surface area contributed by atoms with Crippen molar-refractivity contribution >= 4 is 22.8 Å². The number of aryl methyl sites for hydroxylation is 1. The first-order valence-electron chi connectivity index (χ1n) is 9.95. The second-order valence-electron chi connectivity index (χ2n) is 7.61. The number of hydrogen-bond donors (Lipinski definition) is 3. The molecule has 0 spiro atoms. The van der Waals surface area contributed by atoms with Crippen LogP contribution in [0.1, 0.15) is 39.5 Å². The summed E-state index contributed by atoms with van der Waals surface area (Å²) in [6.07, 6.45) is 2.24. The molecule has 1 aliphatic heterocycles. The number of ether oxygens (including phenoxy) is 1. The summed E-state index contributed by atoms with van der Waals surface area (Å²) in [7, 11) is 1.67. The number of hydrogen-bond acceptors (Lipinski definition) is 4. The highest BCUT2D eigenvalue weighted by Gasteiger charge is 2.28. The molecule has 1 aromatic heterocycles. The number of nitrogens with one attached hydrogen (secondary N) is 2. The number of carboxylic acid groups (broad SMARTS) is 1. The van der Waals surface area contributed by atoms with Crippen LogP contribution in [-0.4, -0.2) is 47.1 Å². The van der Waals surface area contributed by atoms with Crippen molar-refractivity contribution < 1.29 is 19.4 Å². The summed E-state index contributed by atoms with van der Waals surface area (Å²) in [6, 6.07) is 10.7. The quantitative estimate of drug-likeness (QED) is 0.604.